The van der Waals surface area contributed by atoms with Crippen LogP contribution in [0.5, 0.6) is 0 Å². The van der Waals surface area contributed by atoms with E-state index in [0.717, 1.165) is 23.5 Å². The average molecular weight is 409 g/mol. The van der Waals surface area contributed by atoms with Gasteiger partial charge in [0.05, 0.1) is 17.2 Å². The molecule has 0 atom stereocenters. The number of amides is 1. The summed E-state index contributed by atoms with van der Waals surface area (Å²) < 4.78 is 0. The molecule has 1 N–H and O–H groups in total. The number of anilines is 2. The van der Waals surface area contributed by atoms with Crippen LogP contribution >= 0.6 is 11.8 Å². The van der Waals surface area contributed by atoms with E-state index in [2.05, 4.69) is 29.2 Å². The smallest absolute Gasteiger partial charge is 0.253 e. The van der Waals surface area contributed by atoms with Gasteiger partial charge in [-0.1, -0.05) is 31.4 Å². The molecule has 1 saturated heterocycles. The molecule has 0 bridgehead atoms. The average Bonchev–Trinajstić information content (AvgIpc) is 3.15. The van der Waals surface area contributed by atoms with Crippen molar-refractivity contribution in [1.82, 2.24) is 4.90 Å². The molecule has 1 amide bonds. The van der Waals surface area contributed by atoms with Crippen LogP contribution in [0, 0.1) is 5.92 Å². The van der Waals surface area contributed by atoms with Gasteiger partial charge in [-0.15, -0.1) is 11.8 Å². The van der Waals surface area contributed by atoms with Gasteiger partial charge in [-0.25, -0.2) is 0 Å². The van der Waals surface area contributed by atoms with E-state index in [9.17, 15) is 9.90 Å². The molecule has 1 aliphatic carbocycles. The summed E-state index contributed by atoms with van der Waals surface area (Å²) in [5.74, 6) is 1.68. The summed E-state index contributed by atoms with van der Waals surface area (Å²) in [5.41, 5.74) is 2.52. The molecule has 29 heavy (non-hydrogen) atoms. The Kier molecular flexibility index (Phi) is 5.04. The van der Waals surface area contributed by atoms with E-state index in [1.807, 2.05) is 40.9 Å². The minimum Gasteiger partial charge on any atom is -0.390 e. The summed E-state index contributed by atoms with van der Waals surface area (Å²) in [6, 6.07) is 16.4. The van der Waals surface area contributed by atoms with Gasteiger partial charge < -0.3 is 14.9 Å². The van der Waals surface area contributed by atoms with Gasteiger partial charge in [-0.3, -0.25) is 4.79 Å². The fraction of sp³-hybridized carbons (Fsp3) is 0.458. The van der Waals surface area contributed by atoms with Crippen LogP contribution in [0.25, 0.3) is 0 Å². The van der Waals surface area contributed by atoms with Crippen molar-refractivity contribution in [3.63, 3.8) is 0 Å². The predicted molar refractivity (Wildman–Crippen MR) is 118 cm³/mol. The lowest BCUT2D eigenvalue weighted by molar-refractivity contribution is -0.0419. The van der Waals surface area contributed by atoms with Gasteiger partial charge in [-0.05, 0) is 61.6 Å². The first-order valence-corrected chi connectivity index (χ1v) is 11.7. The first-order valence-electron chi connectivity index (χ1n) is 10.7. The second-order valence-corrected chi connectivity index (χ2v) is 9.72. The van der Waals surface area contributed by atoms with E-state index in [4.69, 9.17) is 0 Å². The highest BCUT2D eigenvalue weighted by Gasteiger charge is 2.37. The number of piperidine rings is 1. The van der Waals surface area contributed by atoms with Crippen LogP contribution in [0.2, 0.25) is 0 Å². The lowest BCUT2D eigenvalue weighted by Gasteiger charge is -2.41. The summed E-state index contributed by atoms with van der Waals surface area (Å²) >= 11 is 1.84. The number of rotatable bonds is 4. The van der Waals surface area contributed by atoms with Crippen LogP contribution in [0.15, 0.2) is 53.4 Å². The Morgan fingerprint density at radius 2 is 1.79 bits per heavy atom. The van der Waals surface area contributed by atoms with Crippen LogP contribution in [0.4, 0.5) is 11.4 Å². The number of carbonyl (C=O) groups excluding carboxylic acids is 1. The second kappa shape index (κ2) is 7.69. The minimum atomic E-state index is -0.563. The largest absolute Gasteiger partial charge is 0.390 e. The van der Waals surface area contributed by atoms with Crippen molar-refractivity contribution in [1.29, 1.82) is 0 Å². The van der Waals surface area contributed by atoms with E-state index in [-0.39, 0.29) is 5.91 Å². The molecule has 2 fully saturated rings. The van der Waals surface area contributed by atoms with E-state index in [1.165, 1.54) is 29.8 Å². The second-order valence-electron chi connectivity index (χ2n) is 8.73. The number of hydrogen-bond acceptors (Lipinski definition) is 4. The normalized spacial score (nSPS) is 21.0. The minimum absolute atomic E-state index is 0.0819. The molecule has 152 valence electrons. The highest BCUT2D eigenvalue weighted by molar-refractivity contribution is 7.99. The fourth-order valence-corrected chi connectivity index (χ4v) is 5.81. The third-order valence-electron chi connectivity index (χ3n) is 6.81. The van der Waals surface area contributed by atoms with E-state index in [0.29, 0.717) is 31.8 Å². The molecule has 0 unspecified atom stereocenters. The maximum absolute atomic E-state index is 13.0. The first-order chi connectivity index (χ1) is 14.1. The number of thioether (sulfide) groups is 1. The first kappa shape index (κ1) is 19.0. The van der Waals surface area contributed by atoms with Crippen molar-refractivity contribution >= 4 is 29.0 Å². The molecule has 2 aromatic rings. The summed E-state index contributed by atoms with van der Waals surface area (Å²) in [6.07, 6.45) is 6.15. The Bertz CT molecular complexity index is 886. The standard InChI is InChI=1S/C24H28N2O2S/c27-23(25-14-12-24(28,13-15-25)16-18-4-3-5-18)19-8-10-20(11-9-19)26-17-29-22-7-2-1-6-21(22)26/h1-2,6-11,18,28H,3-5,12-17H2. The summed E-state index contributed by atoms with van der Waals surface area (Å²) in [4.78, 5) is 18.5. The molecule has 5 rings (SSSR count). The number of nitrogens with zero attached hydrogens (tertiary/aromatic N) is 2. The van der Waals surface area contributed by atoms with Crippen LogP contribution in [-0.4, -0.2) is 40.5 Å². The molecule has 0 radical (unpaired) electrons. The zero-order valence-electron chi connectivity index (χ0n) is 16.7. The zero-order valence-corrected chi connectivity index (χ0v) is 17.5. The van der Waals surface area contributed by atoms with Crippen molar-refractivity contribution in [2.24, 2.45) is 5.92 Å². The molecule has 0 spiro atoms. The number of benzene rings is 2. The summed E-state index contributed by atoms with van der Waals surface area (Å²) in [7, 11) is 0. The highest BCUT2D eigenvalue weighted by Crippen LogP contribution is 2.42. The van der Waals surface area contributed by atoms with Crippen molar-refractivity contribution in [3.05, 3.63) is 54.1 Å². The maximum Gasteiger partial charge on any atom is 0.253 e. The Hall–Kier alpha value is -1.98. The number of hydrogen-bond donors (Lipinski definition) is 1. The summed E-state index contributed by atoms with van der Waals surface area (Å²) in [5, 5.41) is 10.9. The third kappa shape index (κ3) is 3.78. The van der Waals surface area contributed by atoms with Gasteiger partial charge in [0.25, 0.3) is 5.91 Å². The topological polar surface area (TPSA) is 43.8 Å². The number of fused-ring (bicyclic) bond motifs is 1. The molecule has 1 saturated carbocycles. The van der Waals surface area contributed by atoms with E-state index in [1.54, 1.807) is 0 Å². The molecular formula is C24H28N2O2S. The van der Waals surface area contributed by atoms with Crippen molar-refractivity contribution in [2.45, 2.75) is 49.0 Å². The van der Waals surface area contributed by atoms with Crippen LogP contribution in [-0.2, 0) is 0 Å². The molecule has 5 heteroatoms. The van der Waals surface area contributed by atoms with Gasteiger partial charge in [0.1, 0.15) is 0 Å². The van der Waals surface area contributed by atoms with Crippen LogP contribution in [0.1, 0.15) is 48.9 Å². The van der Waals surface area contributed by atoms with Gasteiger partial charge in [0, 0.05) is 29.2 Å². The predicted octanol–water partition coefficient (Wildman–Crippen LogP) is 5.05. The van der Waals surface area contributed by atoms with E-state index < -0.39 is 5.60 Å². The molecule has 2 heterocycles. The third-order valence-corrected chi connectivity index (χ3v) is 7.85. The fourth-order valence-electron chi connectivity index (χ4n) is 4.75. The van der Waals surface area contributed by atoms with Crippen LogP contribution < -0.4 is 4.90 Å². The molecule has 3 aliphatic rings. The summed E-state index contributed by atoms with van der Waals surface area (Å²) in [6.45, 7) is 1.31. The Morgan fingerprint density at radius 1 is 1.07 bits per heavy atom. The number of likely N-dealkylation sites (tertiary alicyclic amines) is 1. The lowest BCUT2D eigenvalue weighted by atomic mass is 9.74. The van der Waals surface area contributed by atoms with Crippen molar-refractivity contribution < 1.29 is 9.90 Å². The molecular weight excluding hydrogens is 380 g/mol. The lowest BCUT2D eigenvalue weighted by Crippen LogP contribution is -2.47. The SMILES string of the molecule is O=C(c1ccc(N2CSc3ccccc32)cc1)N1CCC(O)(CC2CCC2)CC1. The molecule has 0 aromatic heterocycles. The highest BCUT2D eigenvalue weighted by atomic mass is 32.2. The number of carbonyl (C=O) groups is 1. The monoisotopic (exact) mass is 408 g/mol. The number of aliphatic hydroxyl groups is 1. The Morgan fingerprint density at radius 3 is 2.48 bits per heavy atom. The van der Waals surface area contributed by atoms with Crippen LogP contribution in [0.3, 0.4) is 0 Å². The zero-order chi connectivity index (χ0) is 19.8. The van der Waals surface area contributed by atoms with Gasteiger partial charge >= 0.3 is 0 Å². The maximum atomic E-state index is 13.0. The van der Waals surface area contributed by atoms with Gasteiger partial charge in [0.15, 0.2) is 0 Å². The number of para-hydroxylation sites is 1. The van der Waals surface area contributed by atoms with E-state index >= 15 is 0 Å². The van der Waals surface area contributed by atoms with Gasteiger partial charge in [-0.2, -0.15) is 0 Å². The Labute approximate surface area is 176 Å². The van der Waals surface area contributed by atoms with Crippen molar-refractivity contribution in [2.75, 3.05) is 23.9 Å². The molecule has 2 aromatic carbocycles. The quantitative estimate of drug-likeness (QED) is 0.769. The Balaban J connectivity index is 1.22. The van der Waals surface area contributed by atoms with Gasteiger partial charge in [0.2, 0.25) is 0 Å². The van der Waals surface area contributed by atoms with Crippen molar-refractivity contribution in [3.8, 4) is 0 Å². The molecule has 2 aliphatic heterocycles. The molecule has 4 nitrogen and oxygen atoms in total.